The molecule has 19 heavy (non-hydrogen) atoms. The number of hydrogen-bond donors (Lipinski definition) is 1. The van der Waals surface area contributed by atoms with E-state index in [1.54, 1.807) is 0 Å². The predicted octanol–water partition coefficient (Wildman–Crippen LogP) is 2.29. The van der Waals surface area contributed by atoms with Crippen molar-refractivity contribution in [2.75, 3.05) is 6.26 Å². The molecule has 0 unspecified atom stereocenters. The molecule has 2 aromatic carbocycles. The van der Waals surface area contributed by atoms with Gasteiger partial charge in [0, 0.05) is 0 Å². The molecule has 1 aromatic heterocycles. The van der Waals surface area contributed by atoms with Gasteiger partial charge in [-0.15, -0.1) is 0 Å². The number of aromatic nitrogens is 2. The molecule has 0 aliphatic heterocycles. The minimum Gasteiger partial charge on any atom is -0.286 e. The van der Waals surface area contributed by atoms with Crippen molar-refractivity contribution < 1.29 is 13.0 Å². The fraction of sp³-hybridized carbons (Fsp3) is 0.0769. The fourth-order valence-corrected chi connectivity index (χ4v) is 1.57. The Kier molecular flexibility index (Phi) is 3.73. The zero-order valence-corrected chi connectivity index (χ0v) is 11.0. The Morgan fingerprint density at radius 1 is 0.789 bits per heavy atom. The Labute approximate surface area is 110 Å². The molecule has 0 aliphatic carbocycles. The summed E-state index contributed by atoms with van der Waals surface area (Å²) in [5.74, 6) is 0. The normalized spacial score (nSPS) is 11.1. The van der Waals surface area contributed by atoms with Gasteiger partial charge >= 0.3 is 0 Å². The van der Waals surface area contributed by atoms with Gasteiger partial charge in [0.1, 0.15) is 0 Å². The monoisotopic (exact) mass is 276 g/mol. The van der Waals surface area contributed by atoms with Gasteiger partial charge in [-0.05, 0) is 24.3 Å². The summed E-state index contributed by atoms with van der Waals surface area (Å²) in [4.78, 5) is 9.03. The molecule has 3 rings (SSSR count). The van der Waals surface area contributed by atoms with E-state index in [9.17, 15) is 8.42 Å². The molecule has 3 aromatic rings. The summed E-state index contributed by atoms with van der Waals surface area (Å²) in [6.07, 6.45) is 0.715. The van der Waals surface area contributed by atoms with Gasteiger partial charge < -0.3 is 0 Å². The summed E-state index contributed by atoms with van der Waals surface area (Å²) in [6, 6.07) is 15.8. The summed E-state index contributed by atoms with van der Waals surface area (Å²) in [6.45, 7) is 0. The van der Waals surface area contributed by atoms with Gasteiger partial charge in [0.25, 0.3) is 10.1 Å². The van der Waals surface area contributed by atoms with Crippen molar-refractivity contribution in [2.45, 2.75) is 0 Å². The lowest BCUT2D eigenvalue weighted by atomic mass is 10.2. The summed E-state index contributed by atoms with van der Waals surface area (Å²) in [7, 11) is -3.67. The van der Waals surface area contributed by atoms with Crippen LogP contribution in [0.1, 0.15) is 0 Å². The van der Waals surface area contributed by atoms with Gasteiger partial charge in [-0.2, -0.15) is 8.42 Å². The van der Waals surface area contributed by atoms with E-state index in [2.05, 4.69) is 9.97 Å². The Morgan fingerprint density at radius 3 is 1.21 bits per heavy atom. The van der Waals surface area contributed by atoms with Crippen molar-refractivity contribution in [2.24, 2.45) is 0 Å². The second-order valence-corrected chi connectivity index (χ2v) is 5.40. The van der Waals surface area contributed by atoms with Gasteiger partial charge in [-0.25, -0.2) is 9.97 Å². The quantitative estimate of drug-likeness (QED) is 0.503. The highest BCUT2D eigenvalue weighted by atomic mass is 32.2. The maximum atomic E-state index is 9.19. The van der Waals surface area contributed by atoms with Crippen LogP contribution in [0.3, 0.4) is 0 Å². The van der Waals surface area contributed by atoms with E-state index < -0.39 is 10.1 Å². The molecule has 6 heteroatoms. The Morgan fingerprint density at radius 2 is 1.00 bits per heavy atom. The van der Waals surface area contributed by atoms with Crippen LogP contribution in [-0.2, 0) is 10.1 Å². The molecule has 0 saturated heterocycles. The zero-order chi connectivity index (χ0) is 13.9. The average Bonchev–Trinajstić information content (AvgIpc) is 2.34. The van der Waals surface area contributed by atoms with E-state index in [0.717, 1.165) is 22.1 Å². The van der Waals surface area contributed by atoms with Gasteiger partial charge in [0.05, 0.1) is 28.3 Å². The van der Waals surface area contributed by atoms with Crippen molar-refractivity contribution >= 4 is 32.2 Å². The molecule has 0 amide bonds. The highest BCUT2D eigenvalue weighted by molar-refractivity contribution is 7.85. The van der Waals surface area contributed by atoms with E-state index in [1.165, 1.54) is 0 Å². The first-order valence-corrected chi connectivity index (χ1v) is 7.32. The Hall–Kier alpha value is -2.05. The van der Waals surface area contributed by atoms with Crippen LogP contribution in [0.4, 0.5) is 0 Å². The van der Waals surface area contributed by atoms with Crippen molar-refractivity contribution in [1.29, 1.82) is 0 Å². The first-order chi connectivity index (χ1) is 8.93. The maximum Gasteiger partial charge on any atom is 0.261 e. The molecule has 1 N–H and O–H groups in total. The van der Waals surface area contributed by atoms with Crippen molar-refractivity contribution in [3.8, 4) is 0 Å². The highest BCUT2D eigenvalue weighted by Crippen LogP contribution is 2.14. The molecule has 98 valence electrons. The fourth-order valence-electron chi connectivity index (χ4n) is 1.57. The largest absolute Gasteiger partial charge is 0.286 e. The molecular weight excluding hydrogens is 264 g/mol. The van der Waals surface area contributed by atoms with Crippen molar-refractivity contribution in [3.05, 3.63) is 48.5 Å². The topological polar surface area (TPSA) is 80.2 Å². The first-order valence-electron chi connectivity index (χ1n) is 5.47. The first kappa shape index (κ1) is 13.4. The van der Waals surface area contributed by atoms with Crippen LogP contribution in [0.5, 0.6) is 0 Å². The van der Waals surface area contributed by atoms with Crippen molar-refractivity contribution in [1.82, 2.24) is 9.97 Å². The van der Waals surface area contributed by atoms with E-state index >= 15 is 0 Å². The van der Waals surface area contributed by atoms with Gasteiger partial charge in [-0.1, -0.05) is 24.3 Å². The van der Waals surface area contributed by atoms with Crippen molar-refractivity contribution in [3.63, 3.8) is 0 Å². The minimum atomic E-state index is -3.67. The molecular formula is C13H12N2O3S. The smallest absolute Gasteiger partial charge is 0.261 e. The molecule has 0 spiro atoms. The summed E-state index contributed by atoms with van der Waals surface area (Å²) in [5.41, 5.74) is 3.80. The highest BCUT2D eigenvalue weighted by Gasteiger charge is 1.98. The summed E-state index contributed by atoms with van der Waals surface area (Å²) < 4.78 is 25.9. The average molecular weight is 276 g/mol. The molecule has 0 atom stereocenters. The third-order valence-electron chi connectivity index (χ3n) is 2.25. The molecule has 0 saturated carbocycles. The number of benzene rings is 2. The van der Waals surface area contributed by atoms with Gasteiger partial charge in [0.15, 0.2) is 0 Å². The molecule has 5 nitrogen and oxygen atoms in total. The lowest BCUT2D eigenvalue weighted by molar-refractivity contribution is 0.490. The summed E-state index contributed by atoms with van der Waals surface area (Å²) in [5, 5.41) is 0. The molecule has 0 bridgehead atoms. The van der Waals surface area contributed by atoms with E-state index in [4.69, 9.17) is 4.55 Å². The van der Waals surface area contributed by atoms with Gasteiger partial charge in [0.2, 0.25) is 0 Å². The van der Waals surface area contributed by atoms with Crippen LogP contribution in [-0.4, -0.2) is 29.2 Å². The van der Waals surface area contributed by atoms with Crippen LogP contribution in [0.25, 0.3) is 22.1 Å². The van der Waals surface area contributed by atoms with Crippen LogP contribution < -0.4 is 0 Å². The van der Waals surface area contributed by atoms with Gasteiger partial charge in [-0.3, -0.25) is 4.55 Å². The standard InChI is InChI=1S/C12H8N2.CH4O3S/c1-2-6-10-9(5-1)13-11-7-3-4-8-12(11)14-10;1-5(2,3)4/h1-8H;1H3,(H,2,3,4). The van der Waals surface area contributed by atoms with Crippen LogP contribution >= 0.6 is 0 Å². The molecule has 0 fully saturated rings. The minimum absolute atomic E-state index is 0.715. The summed E-state index contributed by atoms with van der Waals surface area (Å²) >= 11 is 0. The Bertz CT molecular complexity index is 703. The Balaban J connectivity index is 0.000000232. The second kappa shape index (κ2) is 5.29. The van der Waals surface area contributed by atoms with Crippen LogP contribution in [0.2, 0.25) is 0 Å². The SMILES string of the molecule is CS(=O)(=O)O.c1ccc2nc3ccccc3nc2c1. The van der Waals surface area contributed by atoms with E-state index in [-0.39, 0.29) is 0 Å². The van der Waals surface area contributed by atoms with Crippen LogP contribution in [0.15, 0.2) is 48.5 Å². The van der Waals surface area contributed by atoms with E-state index in [1.807, 2.05) is 48.5 Å². The maximum absolute atomic E-state index is 9.19. The predicted molar refractivity (Wildman–Crippen MR) is 74.5 cm³/mol. The molecule has 0 aliphatic rings. The number of rotatable bonds is 0. The number of hydrogen-bond acceptors (Lipinski definition) is 4. The zero-order valence-electron chi connectivity index (χ0n) is 10.2. The lowest BCUT2D eigenvalue weighted by Gasteiger charge is -1.98. The number of nitrogens with zero attached hydrogens (tertiary/aromatic N) is 2. The third kappa shape index (κ3) is 3.97. The number of para-hydroxylation sites is 4. The van der Waals surface area contributed by atoms with Crippen LogP contribution in [0, 0.1) is 0 Å². The lowest BCUT2D eigenvalue weighted by Crippen LogP contribution is -1.88. The van der Waals surface area contributed by atoms with E-state index in [0.29, 0.717) is 6.26 Å². The third-order valence-corrected chi connectivity index (χ3v) is 2.25. The molecule has 1 heterocycles. The molecule has 0 radical (unpaired) electrons. The number of fused-ring (bicyclic) bond motifs is 2. The second-order valence-electron chi connectivity index (χ2n) is 3.93.